The molecule has 2 aromatic rings. The number of morpholine rings is 1. The van der Waals surface area contributed by atoms with Crippen molar-refractivity contribution in [2.75, 3.05) is 29.6 Å². The highest BCUT2D eigenvalue weighted by atomic mass is 19.1. The molecule has 1 spiro atoms. The van der Waals surface area contributed by atoms with Crippen LogP contribution in [0.4, 0.5) is 20.6 Å². The SMILES string of the molecule is O=C1NC(=O)C2(Cc3ccccc3N3CCOCC32)C(=O)N1c1ccc(F)cc1. The summed E-state index contributed by atoms with van der Waals surface area (Å²) in [6.45, 7) is 1.21. The third kappa shape index (κ3) is 2.49. The predicted molar refractivity (Wildman–Crippen MR) is 102 cm³/mol. The molecule has 3 aliphatic rings. The van der Waals surface area contributed by atoms with Gasteiger partial charge in [0.15, 0.2) is 5.41 Å². The number of nitrogens with one attached hydrogen (secondary N) is 1. The number of amides is 4. The number of nitrogens with zero attached hydrogens (tertiary/aromatic N) is 2. The second-order valence-electron chi connectivity index (χ2n) is 7.44. The predicted octanol–water partition coefficient (Wildman–Crippen LogP) is 1.86. The van der Waals surface area contributed by atoms with Gasteiger partial charge in [0, 0.05) is 12.2 Å². The van der Waals surface area contributed by atoms with Crippen LogP contribution in [0.2, 0.25) is 0 Å². The lowest BCUT2D eigenvalue weighted by Crippen LogP contribution is -2.74. The molecule has 2 aromatic carbocycles. The number of benzene rings is 2. The number of imide groups is 2. The van der Waals surface area contributed by atoms with Gasteiger partial charge in [-0.1, -0.05) is 18.2 Å². The van der Waals surface area contributed by atoms with E-state index in [-0.39, 0.29) is 18.7 Å². The maximum atomic E-state index is 13.7. The normalized spacial score (nSPS) is 26.2. The summed E-state index contributed by atoms with van der Waals surface area (Å²) in [6, 6.07) is 11.3. The molecule has 3 heterocycles. The lowest BCUT2D eigenvalue weighted by atomic mass is 9.68. The van der Waals surface area contributed by atoms with Gasteiger partial charge >= 0.3 is 6.03 Å². The maximum absolute atomic E-state index is 13.7. The summed E-state index contributed by atoms with van der Waals surface area (Å²) in [5.41, 5.74) is 0.527. The van der Waals surface area contributed by atoms with Gasteiger partial charge in [0.2, 0.25) is 5.91 Å². The Hall–Kier alpha value is -3.26. The Morgan fingerprint density at radius 3 is 2.62 bits per heavy atom. The fourth-order valence-corrected chi connectivity index (χ4v) is 4.59. The molecular formula is C21H18FN3O4. The number of ether oxygens (including phenoxy) is 1. The molecule has 4 amide bonds. The number of carbonyl (C=O) groups is 3. The first-order valence-corrected chi connectivity index (χ1v) is 9.40. The number of fused-ring (bicyclic) bond motifs is 4. The van der Waals surface area contributed by atoms with E-state index in [1.165, 1.54) is 24.3 Å². The first-order chi connectivity index (χ1) is 14.0. The van der Waals surface area contributed by atoms with E-state index >= 15 is 0 Å². The Kier molecular flexibility index (Phi) is 3.92. The van der Waals surface area contributed by atoms with Gasteiger partial charge in [0.25, 0.3) is 5.91 Å². The van der Waals surface area contributed by atoms with Gasteiger partial charge in [-0.15, -0.1) is 0 Å². The van der Waals surface area contributed by atoms with Gasteiger partial charge in [-0.25, -0.2) is 14.1 Å². The molecule has 3 aliphatic heterocycles. The van der Waals surface area contributed by atoms with Crippen LogP contribution < -0.4 is 15.1 Å². The van der Waals surface area contributed by atoms with Crippen LogP contribution in [0.5, 0.6) is 0 Å². The molecular weight excluding hydrogens is 377 g/mol. The number of para-hydroxylation sites is 1. The molecule has 8 heteroatoms. The second kappa shape index (κ2) is 6.38. The summed E-state index contributed by atoms with van der Waals surface area (Å²) in [5.74, 6) is -1.73. The number of carbonyl (C=O) groups excluding carboxylic acids is 3. The summed E-state index contributed by atoms with van der Waals surface area (Å²) < 4.78 is 19.0. The summed E-state index contributed by atoms with van der Waals surface area (Å²) in [4.78, 5) is 42.4. The number of anilines is 2. The van der Waals surface area contributed by atoms with Crippen molar-refractivity contribution in [3.05, 3.63) is 59.9 Å². The fourth-order valence-electron chi connectivity index (χ4n) is 4.59. The number of halogens is 1. The average molecular weight is 395 g/mol. The Bertz CT molecular complexity index is 1020. The van der Waals surface area contributed by atoms with E-state index in [0.717, 1.165) is 16.2 Å². The first-order valence-electron chi connectivity index (χ1n) is 9.40. The van der Waals surface area contributed by atoms with Crippen molar-refractivity contribution in [3.8, 4) is 0 Å². The zero-order chi connectivity index (χ0) is 20.2. The molecule has 0 bridgehead atoms. The molecule has 1 N–H and O–H groups in total. The minimum atomic E-state index is -1.52. The van der Waals surface area contributed by atoms with Gasteiger partial charge in [0.1, 0.15) is 5.82 Å². The van der Waals surface area contributed by atoms with Gasteiger partial charge in [-0.2, -0.15) is 0 Å². The van der Waals surface area contributed by atoms with Crippen molar-refractivity contribution in [2.24, 2.45) is 5.41 Å². The van der Waals surface area contributed by atoms with Crippen LogP contribution in [0.25, 0.3) is 0 Å². The standard InChI is InChI=1S/C21H18FN3O4/c22-14-5-7-15(8-6-14)25-19(27)21(18(26)23-20(25)28)11-13-3-1-2-4-16(13)24-9-10-29-12-17(21)24/h1-8,17H,9-12H2,(H,23,26,28). The van der Waals surface area contributed by atoms with Crippen LogP contribution in [0.1, 0.15) is 5.56 Å². The van der Waals surface area contributed by atoms with Gasteiger partial charge in [-0.3, -0.25) is 14.9 Å². The van der Waals surface area contributed by atoms with Crippen molar-refractivity contribution in [3.63, 3.8) is 0 Å². The Morgan fingerprint density at radius 1 is 1.07 bits per heavy atom. The van der Waals surface area contributed by atoms with Crippen molar-refractivity contribution in [1.29, 1.82) is 0 Å². The summed E-state index contributed by atoms with van der Waals surface area (Å²) in [7, 11) is 0. The molecule has 0 aliphatic carbocycles. The van der Waals surface area contributed by atoms with Crippen molar-refractivity contribution >= 4 is 29.2 Å². The summed E-state index contributed by atoms with van der Waals surface area (Å²) >= 11 is 0. The minimum Gasteiger partial charge on any atom is -0.377 e. The topological polar surface area (TPSA) is 79.0 Å². The van der Waals surface area contributed by atoms with Crippen molar-refractivity contribution in [1.82, 2.24) is 5.32 Å². The quantitative estimate of drug-likeness (QED) is 0.746. The molecule has 2 atom stereocenters. The van der Waals surface area contributed by atoms with E-state index in [0.29, 0.717) is 13.2 Å². The highest BCUT2D eigenvalue weighted by Crippen LogP contribution is 2.45. The number of urea groups is 1. The Balaban J connectivity index is 1.66. The summed E-state index contributed by atoms with van der Waals surface area (Å²) in [5, 5.41) is 2.35. The lowest BCUT2D eigenvalue weighted by Gasteiger charge is -2.53. The van der Waals surface area contributed by atoms with Crippen molar-refractivity contribution < 1.29 is 23.5 Å². The third-order valence-corrected chi connectivity index (χ3v) is 5.97. The van der Waals surface area contributed by atoms with Crippen LogP contribution >= 0.6 is 0 Å². The van der Waals surface area contributed by atoms with E-state index < -0.39 is 35.1 Å². The molecule has 148 valence electrons. The molecule has 0 aromatic heterocycles. The lowest BCUT2D eigenvalue weighted by molar-refractivity contribution is -0.146. The monoisotopic (exact) mass is 395 g/mol. The zero-order valence-corrected chi connectivity index (χ0v) is 15.4. The number of barbiturate groups is 1. The first kappa shape index (κ1) is 17.8. The van der Waals surface area contributed by atoms with E-state index in [1.54, 1.807) is 0 Å². The van der Waals surface area contributed by atoms with E-state index in [1.807, 2.05) is 29.2 Å². The second-order valence-corrected chi connectivity index (χ2v) is 7.44. The van der Waals surface area contributed by atoms with E-state index in [4.69, 9.17) is 4.74 Å². The molecule has 2 saturated heterocycles. The minimum absolute atomic E-state index is 0.156. The van der Waals surface area contributed by atoms with Crippen molar-refractivity contribution in [2.45, 2.75) is 12.5 Å². The molecule has 0 radical (unpaired) electrons. The molecule has 29 heavy (non-hydrogen) atoms. The molecule has 5 rings (SSSR count). The number of hydrogen-bond donors (Lipinski definition) is 1. The molecule has 0 saturated carbocycles. The maximum Gasteiger partial charge on any atom is 0.335 e. The highest BCUT2D eigenvalue weighted by molar-refractivity contribution is 6.30. The Labute approximate surface area is 166 Å². The smallest absolute Gasteiger partial charge is 0.335 e. The van der Waals surface area contributed by atoms with Gasteiger partial charge < -0.3 is 9.64 Å². The van der Waals surface area contributed by atoms with Gasteiger partial charge in [-0.05, 0) is 42.3 Å². The van der Waals surface area contributed by atoms with Crippen LogP contribution in [0, 0.1) is 11.2 Å². The van der Waals surface area contributed by atoms with Crippen LogP contribution in [-0.4, -0.2) is 43.6 Å². The van der Waals surface area contributed by atoms with Gasteiger partial charge in [0.05, 0.1) is 24.9 Å². The molecule has 2 unspecified atom stereocenters. The molecule has 2 fully saturated rings. The Morgan fingerprint density at radius 2 is 1.83 bits per heavy atom. The van der Waals surface area contributed by atoms with E-state index in [2.05, 4.69) is 5.32 Å². The van der Waals surface area contributed by atoms with Crippen LogP contribution in [0.3, 0.4) is 0 Å². The number of hydrogen-bond acceptors (Lipinski definition) is 5. The molecule has 7 nitrogen and oxygen atoms in total. The van der Waals surface area contributed by atoms with Crippen LogP contribution in [0.15, 0.2) is 48.5 Å². The van der Waals surface area contributed by atoms with Crippen LogP contribution in [-0.2, 0) is 20.7 Å². The third-order valence-electron chi connectivity index (χ3n) is 5.97. The number of rotatable bonds is 1. The summed E-state index contributed by atoms with van der Waals surface area (Å²) in [6.07, 6.45) is 0.156. The largest absolute Gasteiger partial charge is 0.377 e. The fraction of sp³-hybridized carbons (Fsp3) is 0.286. The average Bonchev–Trinajstić information content (AvgIpc) is 2.73. The van der Waals surface area contributed by atoms with E-state index in [9.17, 15) is 18.8 Å². The zero-order valence-electron chi connectivity index (χ0n) is 15.4. The highest BCUT2D eigenvalue weighted by Gasteiger charge is 2.62.